The number of rotatable bonds is 6. The molecule has 6 nitrogen and oxygen atoms in total. The van der Waals surface area contributed by atoms with Crippen LogP contribution in [-0.4, -0.2) is 18.6 Å². The van der Waals surface area contributed by atoms with Crippen LogP contribution >= 0.6 is 0 Å². The summed E-state index contributed by atoms with van der Waals surface area (Å²) in [4.78, 5) is 23.9. The molecule has 0 radical (unpaired) electrons. The number of benzene rings is 1. The van der Waals surface area contributed by atoms with Crippen molar-refractivity contribution in [3.05, 3.63) is 48.2 Å². The lowest BCUT2D eigenvalue weighted by Gasteiger charge is -2.10. The van der Waals surface area contributed by atoms with Crippen LogP contribution in [0, 0.1) is 0 Å². The van der Waals surface area contributed by atoms with Gasteiger partial charge in [0.05, 0.1) is 24.1 Å². The Morgan fingerprint density at radius 1 is 1.14 bits per heavy atom. The first-order valence-electron chi connectivity index (χ1n) is 7.08. The van der Waals surface area contributed by atoms with E-state index in [1.165, 1.54) is 6.26 Å². The van der Waals surface area contributed by atoms with E-state index < -0.39 is 12.0 Å². The number of furan rings is 1. The number of hydrogen-bond donors (Lipinski definition) is 2. The van der Waals surface area contributed by atoms with Crippen LogP contribution in [0.5, 0.6) is 0 Å². The Kier molecular flexibility index (Phi) is 5.59. The molecule has 2 aromatic rings. The number of ether oxygens (including phenoxy) is 1. The Hall–Kier alpha value is -2.76. The van der Waals surface area contributed by atoms with Crippen LogP contribution < -0.4 is 10.6 Å². The van der Waals surface area contributed by atoms with Gasteiger partial charge in [0.15, 0.2) is 0 Å². The molecule has 0 atom stereocenters. The summed E-state index contributed by atoms with van der Waals surface area (Å²) in [6.45, 7) is 2.38. The molecule has 116 valence electrons. The maximum absolute atomic E-state index is 12.0. The van der Waals surface area contributed by atoms with E-state index in [4.69, 9.17) is 9.15 Å². The minimum Gasteiger partial charge on any atom is -0.462 e. The van der Waals surface area contributed by atoms with Crippen molar-refractivity contribution < 1.29 is 18.7 Å². The molecule has 0 fully saturated rings. The van der Waals surface area contributed by atoms with Gasteiger partial charge in [-0.15, -0.1) is 0 Å². The van der Waals surface area contributed by atoms with Crippen molar-refractivity contribution in [1.82, 2.24) is 0 Å². The molecule has 1 heterocycles. The second-order valence-electron chi connectivity index (χ2n) is 4.59. The third-order valence-electron chi connectivity index (χ3n) is 2.88. The quantitative estimate of drug-likeness (QED) is 0.627. The Bertz CT molecular complexity index is 623. The molecule has 1 aromatic heterocycles. The highest BCUT2D eigenvalue weighted by Crippen LogP contribution is 2.17. The number of amides is 2. The van der Waals surface area contributed by atoms with Crippen molar-refractivity contribution in [1.29, 1.82) is 0 Å². The molecule has 0 saturated heterocycles. The first-order valence-corrected chi connectivity index (χ1v) is 7.08. The van der Waals surface area contributed by atoms with E-state index in [9.17, 15) is 9.59 Å². The van der Waals surface area contributed by atoms with Crippen molar-refractivity contribution in [2.24, 2.45) is 0 Å². The second-order valence-corrected chi connectivity index (χ2v) is 4.59. The number of esters is 1. The summed E-state index contributed by atoms with van der Waals surface area (Å²) < 4.78 is 10.2. The summed E-state index contributed by atoms with van der Waals surface area (Å²) in [7, 11) is 0. The van der Waals surface area contributed by atoms with Gasteiger partial charge in [0, 0.05) is 6.07 Å². The van der Waals surface area contributed by atoms with E-state index in [-0.39, 0.29) is 0 Å². The van der Waals surface area contributed by atoms with E-state index in [2.05, 4.69) is 10.6 Å². The molecule has 0 spiro atoms. The standard InChI is InChI=1S/C16H18N2O4/c1-2-3-10-22-15(19)12-7-4-5-8-13(12)17-16(20)18-14-9-6-11-21-14/h4-9,11H,2-3,10H2,1H3,(H2,17,18,20). The number of unbranched alkanes of at least 4 members (excludes halogenated alkanes) is 1. The summed E-state index contributed by atoms with van der Waals surface area (Å²) in [5.74, 6) is -0.136. The highest BCUT2D eigenvalue weighted by molar-refractivity contribution is 6.04. The predicted molar refractivity (Wildman–Crippen MR) is 83.0 cm³/mol. The third kappa shape index (κ3) is 4.37. The molecule has 0 aliphatic heterocycles. The summed E-state index contributed by atoms with van der Waals surface area (Å²) in [5, 5.41) is 5.13. The van der Waals surface area contributed by atoms with E-state index in [0.29, 0.717) is 23.7 Å². The molecule has 0 aliphatic rings. The minimum absolute atomic E-state index is 0.313. The maximum atomic E-state index is 12.0. The van der Waals surface area contributed by atoms with Crippen molar-refractivity contribution in [2.45, 2.75) is 19.8 Å². The van der Waals surface area contributed by atoms with Crippen molar-refractivity contribution >= 4 is 23.6 Å². The monoisotopic (exact) mass is 302 g/mol. The van der Waals surface area contributed by atoms with Crippen LogP contribution in [0.4, 0.5) is 16.4 Å². The molecule has 2 amide bonds. The number of hydrogen-bond acceptors (Lipinski definition) is 4. The molecule has 1 aromatic carbocycles. The molecule has 22 heavy (non-hydrogen) atoms. The fourth-order valence-electron chi connectivity index (χ4n) is 1.77. The third-order valence-corrected chi connectivity index (χ3v) is 2.88. The van der Waals surface area contributed by atoms with Crippen LogP contribution in [0.1, 0.15) is 30.1 Å². The summed E-state index contributed by atoms with van der Waals surface area (Å²) in [6.07, 6.45) is 3.20. The average Bonchev–Trinajstić information content (AvgIpc) is 3.00. The number of anilines is 2. The van der Waals surface area contributed by atoms with Crippen LogP contribution in [0.3, 0.4) is 0 Å². The SMILES string of the molecule is CCCCOC(=O)c1ccccc1NC(=O)Nc1ccco1. The van der Waals surface area contributed by atoms with Crippen molar-refractivity contribution in [3.63, 3.8) is 0 Å². The lowest BCUT2D eigenvalue weighted by atomic mass is 10.2. The highest BCUT2D eigenvalue weighted by atomic mass is 16.5. The number of nitrogens with one attached hydrogen (secondary N) is 2. The molecular formula is C16H18N2O4. The van der Waals surface area contributed by atoms with Gasteiger partial charge in [-0.05, 0) is 24.6 Å². The normalized spacial score (nSPS) is 10.0. The van der Waals surface area contributed by atoms with Crippen LogP contribution in [0.2, 0.25) is 0 Å². The number of para-hydroxylation sites is 1. The molecule has 0 unspecified atom stereocenters. The Morgan fingerprint density at radius 3 is 2.68 bits per heavy atom. The topological polar surface area (TPSA) is 80.6 Å². The minimum atomic E-state index is -0.497. The van der Waals surface area contributed by atoms with Gasteiger partial charge in [-0.3, -0.25) is 5.32 Å². The van der Waals surface area contributed by atoms with Gasteiger partial charge in [0.1, 0.15) is 0 Å². The molecular weight excluding hydrogens is 284 g/mol. The van der Waals surface area contributed by atoms with Crippen LogP contribution in [0.15, 0.2) is 47.1 Å². The number of carbonyl (C=O) groups excluding carboxylic acids is 2. The molecule has 2 N–H and O–H groups in total. The lowest BCUT2D eigenvalue weighted by molar-refractivity contribution is 0.0501. The van der Waals surface area contributed by atoms with E-state index in [1.54, 1.807) is 36.4 Å². The Morgan fingerprint density at radius 2 is 1.95 bits per heavy atom. The first kappa shape index (κ1) is 15.6. The van der Waals surface area contributed by atoms with Gasteiger partial charge in [-0.2, -0.15) is 0 Å². The molecule has 0 bridgehead atoms. The number of urea groups is 1. The molecule has 0 aliphatic carbocycles. The van der Waals surface area contributed by atoms with Crippen molar-refractivity contribution in [3.8, 4) is 0 Å². The zero-order chi connectivity index (χ0) is 15.8. The first-order chi connectivity index (χ1) is 10.7. The van der Waals surface area contributed by atoms with Gasteiger partial charge in [0.25, 0.3) is 0 Å². The molecule has 0 saturated carbocycles. The predicted octanol–water partition coefficient (Wildman–Crippen LogP) is 3.88. The molecule has 6 heteroatoms. The van der Waals surface area contributed by atoms with Gasteiger partial charge >= 0.3 is 12.0 Å². The number of carbonyl (C=O) groups is 2. The lowest BCUT2D eigenvalue weighted by Crippen LogP contribution is -2.21. The van der Waals surface area contributed by atoms with E-state index in [1.807, 2.05) is 6.92 Å². The van der Waals surface area contributed by atoms with Gasteiger partial charge in [-0.25, -0.2) is 9.59 Å². The summed E-state index contributed by atoms with van der Waals surface area (Å²) >= 11 is 0. The summed E-state index contributed by atoms with van der Waals surface area (Å²) in [6, 6.07) is 9.47. The molecule has 2 rings (SSSR count). The fraction of sp³-hybridized carbons (Fsp3) is 0.250. The smallest absolute Gasteiger partial charge is 0.340 e. The highest BCUT2D eigenvalue weighted by Gasteiger charge is 2.14. The van der Waals surface area contributed by atoms with Crippen LogP contribution in [0.25, 0.3) is 0 Å². The second kappa shape index (κ2) is 7.87. The average molecular weight is 302 g/mol. The van der Waals surface area contributed by atoms with Crippen molar-refractivity contribution in [2.75, 3.05) is 17.2 Å². The van der Waals surface area contributed by atoms with Crippen LogP contribution in [-0.2, 0) is 4.74 Å². The Labute approximate surface area is 128 Å². The summed E-state index contributed by atoms with van der Waals surface area (Å²) in [5.41, 5.74) is 0.696. The fourth-order valence-corrected chi connectivity index (χ4v) is 1.77. The maximum Gasteiger partial charge on any atom is 0.340 e. The van der Waals surface area contributed by atoms with Gasteiger partial charge in [-0.1, -0.05) is 25.5 Å². The van der Waals surface area contributed by atoms with E-state index in [0.717, 1.165) is 12.8 Å². The zero-order valence-electron chi connectivity index (χ0n) is 12.3. The largest absolute Gasteiger partial charge is 0.462 e. The van der Waals surface area contributed by atoms with Gasteiger partial charge < -0.3 is 14.5 Å². The zero-order valence-corrected chi connectivity index (χ0v) is 12.3. The van der Waals surface area contributed by atoms with Gasteiger partial charge in [0.2, 0.25) is 5.88 Å². The van der Waals surface area contributed by atoms with E-state index >= 15 is 0 Å². The Balaban J connectivity index is 2.01.